The third-order valence-corrected chi connectivity index (χ3v) is 1.77. The van der Waals surface area contributed by atoms with E-state index in [1.807, 2.05) is 0 Å². The van der Waals surface area contributed by atoms with Crippen molar-refractivity contribution in [3.05, 3.63) is 22.8 Å². The molecule has 0 bridgehead atoms. The number of anilines is 1. The Hall–Kier alpha value is -1.10. The molecule has 1 amide bonds. The molecule has 0 spiro atoms. The molecule has 0 saturated carbocycles. The smallest absolute Gasteiger partial charge is 0.412 e. The molecular weight excluding hydrogens is 224 g/mol. The van der Waals surface area contributed by atoms with Gasteiger partial charge in [0.15, 0.2) is 0 Å². The number of hydrogen-bond acceptors (Lipinski definition) is 2. The molecule has 12 heavy (non-hydrogen) atoms. The first-order valence-electron chi connectivity index (χ1n) is 3.20. The average Bonchev–Trinajstić information content (AvgIpc) is 2.03. The molecule has 0 aliphatic carbocycles. The van der Waals surface area contributed by atoms with Crippen molar-refractivity contribution in [2.45, 2.75) is 0 Å². The molecule has 0 unspecified atom stereocenters. The number of aromatic nitrogens is 1. The molecule has 0 aliphatic rings. The van der Waals surface area contributed by atoms with Gasteiger partial charge in [-0.25, -0.2) is 9.78 Å². The molecule has 5 heteroatoms. The largest absolute Gasteiger partial charge is 0.465 e. The highest BCUT2D eigenvalue weighted by Gasteiger charge is 2.08. The van der Waals surface area contributed by atoms with Gasteiger partial charge in [0.2, 0.25) is 0 Å². The molecule has 4 nitrogen and oxygen atoms in total. The Kier molecular flexibility index (Phi) is 2.65. The Balaban J connectivity index is 2.95. The summed E-state index contributed by atoms with van der Waals surface area (Å²) in [7, 11) is 1.44. The van der Waals surface area contributed by atoms with Crippen molar-refractivity contribution in [1.29, 1.82) is 0 Å². The molecule has 1 aromatic rings. The lowest BCUT2D eigenvalue weighted by molar-refractivity contribution is 0.203. The summed E-state index contributed by atoms with van der Waals surface area (Å²) in [6.45, 7) is 0. The van der Waals surface area contributed by atoms with Gasteiger partial charge in [-0.3, -0.25) is 4.90 Å². The van der Waals surface area contributed by atoms with Crippen LogP contribution in [0.5, 0.6) is 0 Å². The first kappa shape index (κ1) is 8.99. The molecule has 0 fully saturated rings. The maximum atomic E-state index is 10.5. The number of carbonyl (C=O) groups is 1. The van der Waals surface area contributed by atoms with Gasteiger partial charge >= 0.3 is 6.09 Å². The van der Waals surface area contributed by atoms with E-state index in [1.165, 1.54) is 7.05 Å². The fourth-order valence-electron chi connectivity index (χ4n) is 0.682. The topological polar surface area (TPSA) is 53.4 Å². The minimum atomic E-state index is -1.03. The fraction of sp³-hybridized carbons (Fsp3) is 0.143. The summed E-state index contributed by atoms with van der Waals surface area (Å²) in [6, 6.07) is 5.09. The fourth-order valence-corrected chi connectivity index (χ4v) is 1.02. The summed E-state index contributed by atoms with van der Waals surface area (Å²) in [4.78, 5) is 15.5. The van der Waals surface area contributed by atoms with Crippen LogP contribution >= 0.6 is 15.9 Å². The van der Waals surface area contributed by atoms with Gasteiger partial charge in [-0.2, -0.15) is 0 Å². The predicted octanol–water partition coefficient (Wildman–Crippen LogP) is 1.96. The van der Waals surface area contributed by atoms with Crippen LogP contribution in [0.2, 0.25) is 0 Å². The highest BCUT2D eigenvalue weighted by molar-refractivity contribution is 9.10. The molecule has 1 rings (SSSR count). The van der Waals surface area contributed by atoms with Crippen LogP contribution in [-0.2, 0) is 0 Å². The van der Waals surface area contributed by atoms with Crippen molar-refractivity contribution < 1.29 is 9.90 Å². The van der Waals surface area contributed by atoms with Crippen molar-refractivity contribution in [1.82, 2.24) is 4.98 Å². The van der Waals surface area contributed by atoms with Crippen LogP contribution in [0, 0.1) is 0 Å². The molecule has 1 heterocycles. The van der Waals surface area contributed by atoms with E-state index >= 15 is 0 Å². The first-order chi connectivity index (χ1) is 5.61. The molecule has 0 atom stereocenters. The summed E-state index contributed by atoms with van der Waals surface area (Å²) in [5.41, 5.74) is 0. The molecule has 0 saturated heterocycles. The van der Waals surface area contributed by atoms with Gasteiger partial charge in [-0.15, -0.1) is 0 Å². The van der Waals surface area contributed by atoms with Crippen LogP contribution in [0.25, 0.3) is 0 Å². The van der Waals surface area contributed by atoms with Crippen LogP contribution in [0.1, 0.15) is 0 Å². The lowest BCUT2D eigenvalue weighted by atomic mass is 10.4. The van der Waals surface area contributed by atoms with E-state index in [2.05, 4.69) is 20.9 Å². The van der Waals surface area contributed by atoms with Gasteiger partial charge in [0.05, 0.1) is 0 Å². The van der Waals surface area contributed by atoms with E-state index in [1.54, 1.807) is 18.2 Å². The van der Waals surface area contributed by atoms with Crippen LogP contribution in [0.4, 0.5) is 10.6 Å². The first-order valence-corrected chi connectivity index (χ1v) is 4.00. The SMILES string of the molecule is CN(C(=O)O)c1cccc(Br)n1. The average molecular weight is 231 g/mol. The molecule has 64 valence electrons. The second-order valence-corrected chi connectivity index (χ2v) is 2.97. The predicted molar refractivity (Wildman–Crippen MR) is 48.4 cm³/mol. The van der Waals surface area contributed by atoms with Crippen molar-refractivity contribution in [2.75, 3.05) is 11.9 Å². The Labute approximate surface area is 78.0 Å². The van der Waals surface area contributed by atoms with Gasteiger partial charge in [0.25, 0.3) is 0 Å². The standard InChI is InChI=1S/C7H7BrN2O2/c1-10(7(11)12)6-4-2-3-5(8)9-6/h2-4H,1H3,(H,11,12). The number of carboxylic acid groups (broad SMARTS) is 1. The summed E-state index contributed by atoms with van der Waals surface area (Å²) in [5.74, 6) is 0.400. The number of rotatable bonds is 1. The Bertz CT molecular complexity index is 303. The zero-order valence-electron chi connectivity index (χ0n) is 6.36. The molecule has 0 aliphatic heterocycles. The summed E-state index contributed by atoms with van der Waals surface area (Å²) in [5, 5.41) is 8.60. The maximum Gasteiger partial charge on any atom is 0.412 e. The Morgan fingerprint density at radius 2 is 2.33 bits per heavy atom. The van der Waals surface area contributed by atoms with E-state index < -0.39 is 6.09 Å². The number of hydrogen-bond donors (Lipinski definition) is 1. The van der Waals surface area contributed by atoms with Crippen LogP contribution in [0.15, 0.2) is 22.8 Å². The second kappa shape index (κ2) is 3.53. The highest BCUT2D eigenvalue weighted by atomic mass is 79.9. The summed E-state index contributed by atoms with van der Waals surface area (Å²) < 4.78 is 0.619. The van der Waals surface area contributed by atoms with Crippen molar-refractivity contribution in [3.63, 3.8) is 0 Å². The summed E-state index contributed by atoms with van der Waals surface area (Å²) in [6.07, 6.45) is -1.03. The number of pyridine rings is 1. The molecule has 1 aromatic heterocycles. The normalized spacial score (nSPS) is 9.50. The quantitative estimate of drug-likeness (QED) is 0.751. The Morgan fingerprint density at radius 1 is 1.67 bits per heavy atom. The maximum absolute atomic E-state index is 10.5. The molecule has 1 N–H and O–H groups in total. The highest BCUT2D eigenvalue weighted by Crippen LogP contribution is 2.13. The number of amides is 1. The van der Waals surface area contributed by atoms with E-state index in [0.717, 1.165) is 4.90 Å². The van der Waals surface area contributed by atoms with Gasteiger partial charge < -0.3 is 5.11 Å². The monoisotopic (exact) mass is 230 g/mol. The summed E-state index contributed by atoms with van der Waals surface area (Å²) >= 11 is 3.15. The van der Waals surface area contributed by atoms with Crippen molar-refractivity contribution >= 4 is 27.8 Å². The second-order valence-electron chi connectivity index (χ2n) is 2.16. The third kappa shape index (κ3) is 1.94. The third-order valence-electron chi connectivity index (χ3n) is 1.33. The minimum absolute atomic E-state index is 0.400. The zero-order valence-corrected chi connectivity index (χ0v) is 7.95. The van der Waals surface area contributed by atoms with Gasteiger partial charge in [0.1, 0.15) is 10.4 Å². The van der Waals surface area contributed by atoms with Crippen LogP contribution < -0.4 is 4.90 Å². The van der Waals surface area contributed by atoms with Crippen molar-refractivity contribution in [3.8, 4) is 0 Å². The van der Waals surface area contributed by atoms with Gasteiger partial charge in [0, 0.05) is 7.05 Å². The van der Waals surface area contributed by atoms with E-state index in [4.69, 9.17) is 5.11 Å². The molecule has 0 radical (unpaired) electrons. The van der Waals surface area contributed by atoms with Gasteiger partial charge in [-0.1, -0.05) is 6.07 Å². The minimum Gasteiger partial charge on any atom is -0.465 e. The lowest BCUT2D eigenvalue weighted by Gasteiger charge is -2.10. The van der Waals surface area contributed by atoms with E-state index in [-0.39, 0.29) is 0 Å². The van der Waals surface area contributed by atoms with E-state index in [9.17, 15) is 4.79 Å². The Morgan fingerprint density at radius 3 is 2.83 bits per heavy atom. The molecule has 0 aromatic carbocycles. The van der Waals surface area contributed by atoms with Crippen LogP contribution in [0.3, 0.4) is 0 Å². The number of halogens is 1. The van der Waals surface area contributed by atoms with Crippen molar-refractivity contribution in [2.24, 2.45) is 0 Å². The lowest BCUT2D eigenvalue weighted by Crippen LogP contribution is -2.24. The number of nitrogens with zero attached hydrogens (tertiary/aromatic N) is 2. The van der Waals surface area contributed by atoms with Gasteiger partial charge in [-0.05, 0) is 28.1 Å². The molecular formula is C7H7BrN2O2. The van der Waals surface area contributed by atoms with Crippen LogP contribution in [-0.4, -0.2) is 23.2 Å². The van der Waals surface area contributed by atoms with E-state index in [0.29, 0.717) is 10.4 Å². The zero-order chi connectivity index (χ0) is 9.14.